The Bertz CT molecular complexity index is 511. The van der Waals surface area contributed by atoms with Gasteiger partial charge in [-0.05, 0) is 46.6 Å². The third-order valence-electron chi connectivity index (χ3n) is 2.47. The molecule has 0 saturated carbocycles. The van der Waals surface area contributed by atoms with Gasteiger partial charge in [0.1, 0.15) is 0 Å². The van der Waals surface area contributed by atoms with Crippen molar-refractivity contribution in [2.24, 2.45) is 5.73 Å². The quantitative estimate of drug-likeness (QED) is 0.895. The Labute approximate surface area is 115 Å². The SMILES string of the molecule is C[C@@H](N)c1ccccc1Sc1ccccc1Br. The van der Waals surface area contributed by atoms with Crippen molar-refractivity contribution in [2.75, 3.05) is 0 Å². The maximum Gasteiger partial charge on any atom is 0.0314 e. The number of halogens is 1. The number of rotatable bonds is 3. The Balaban J connectivity index is 2.34. The molecule has 0 amide bonds. The summed E-state index contributed by atoms with van der Waals surface area (Å²) >= 11 is 5.31. The predicted octanol–water partition coefficient (Wildman–Crippen LogP) is 4.62. The monoisotopic (exact) mass is 307 g/mol. The molecule has 0 aliphatic carbocycles. The van der Waals surface area contributed by atoms with Crippen LogP contribution < -0.4 is 5.73 Å². The van der Waals surface area contributed by atoms with E-state index in [1.165, 1.54) is 15.4 Å². The highest BCUT2D eigenvalue weighted by Crippen LogP contribution is 2.36. The van der Waals surface area contributed by atoms with Crippen molar-refractivity contribution in [3.05, 3.63) is 58.6 Å². The number of benzene rings is 2. The summed E-state index contributed by atoms with van der Waals surface area (Å²) in [5.74, 6) is 0. The van der Waals surface area contributed by atoms with Gasteiger partial charge in [0.25, 0.3) is 0 Å². The molecule has 17 heavy (non-hydrogen) atoms. The van der Waals surface area contributed by atoms with Crippen molar-refractivity contribution < 1.29 is 0 Å². The van der Waals surface area contributed by atoms with Gasteiger partial charge in [0.05, 0.1) is 0 Å². The molecule has 0 heterocycles. The summed E-state index contributed by atoms with van der Waals surface area (Å²) in [6, 6.07) is 16.6. The Kier molecular flexibility index (Phi) is 4.26. The van der Waals surface area contributed by atoms with Gasteiger partial charge in [-0.3, -0.25) is 0 Å². The van der Waals surface area contributed by atoms with Gasteiger partial charge in [0.2, 0.25) is 0 Å². The molecule has 0 saturated heterocycles. The molecule has 1 atom stereocenters. The Morgan fingerprint density at radius 3 is 2.24 bits per heavy atom. The van der Waals surface area contributed by atoms with Crippen molar-refractivity contribution in [1.29, 1.82) is 0 Å². The lowest BCUT2D eigenvalue weighted by Gasteiger charge is -2.12. The van der Waals surface area contributed by atoms with Crippen molar-refractivity contribution in [2.45, 2.75) is 22.8 Å². The normalized spacial score (nSPS) is 12.4. The molecule has 0 spiro atoms. The molecule has 2 aromatic rings. The highest BCUT2D eigenvalue weighted by atomic mass is 79.9. The maximum atomic E-state index is 5.98. The summed E-state index contributed by atoms with van der Waals surface area (Å²) in [4.78, 5) is 2.43. The Morgan fingerprint density at radius 2 is 1.59 bits per heavy atom. The molecule has 3 heteroatoms. The number of hydrogen-bond acceptors (Lipinski definition) is 2. The average molecular weight is 308 g/mol. The molecule has 0 unspecified atom stereocenters. The highest BCUT2D eigenvalue weighted by molar-refractivity contribution is 9.10. The number of hydrogen-bond donors (Lipinski definition) is 1. The van der Waals surface area contributed by atoms with Crippen LogP contribution in [0, 0.1) is 0 Å². The molecule has 0 fully saturated rings. The molecule has 0 aliphatic heterocycles. The second kappa shape index (κ2) is 5.71. The molecule has 1 nitrogen and oxygen atoms in total. The van der Waals surface area contributed by atoms with E-state index < -0.39 is 0 Å². The molecule has 2 N–H and O–H groups in total. The third-order valence-corrected chi connectivity index (χ3v) is 4.59. The minimum atomic E-state index is 0.0567. The van der Waals surface area contributed by atoms with Gasteiger partial charge in [-0.2, -0.15) is 0 Å². The molecule has 0 aliphatic rings. The largest absolute Gasteiger partial charge is 0.324 e. The van der Waals surface area contributed by atoms with E-state index in [1.54, 1.807) is 11.8 Å². The fourth-order valence-electron chi connectivity index (χ4n) is 1.60. The van der Waals surface area contributed by atoms with Crippen LogP contribution in [0.1, 0.15) is 18.5 Å². The minimum absolute atomic E-state index is 0.0567. The van der Waals surface area contributed by atoms with Crippen LogP contribution in [-0.4, -0.2) is 0 Å². The van der Waals surface area contributed by atoms with E-state index >= 15 is 0 Å². The van der Waals surface area contributed by atoms with Crippen LogP contribution in [0.3, 0.4) is 0 Å². The maximum absolute atomic E-state index is 5.98. The van der Waals surface area contributed by atoms with Crippen LogP contribution in [-0.2, 0) is 0 Å². The topological polar surface area (TPSA) is 26.0 Å². The van der Waals surface area contributed by atoms with E-state index in [1.807, 2.05) is 31.2 Å². The first kappa shape index (κ1) is 12.7. The number of nitrogens with two attached hydrogens (primary N) is 1. The summed E-state index contributed by atoms with van der Waals surface area (Å²) in [5.41, 5.74) is 7.17. The Hall–Kier alpha value is -0.770. The van der Waals surface area contributed by atoms with E-state index in [0.29, 0.717) is 0 Å². The van der Waals surface area contributed by atoms with E-state index in [-0.39, 0.29) is 6.04 Å². The van der Waals surface area contributed by atoms with Gasteiger partial charge >= 0.3 is 0 Å². The van der Waals surface area contributed by atoms with Gasteiger partial charge in [-0.1, -0.05) is 42.1 Å². The summed E-state index contributed by atoms with van der Waals surface area (Å²) in [6.45, 7) is 2.01. The fourth-order valence-corrected chi connectivity index (χ4v) is 3.19. The first-order chi connectivity index (χ1) is 8.18. The standard InChI is InChI=1S/C14H14BrNS/c1-10(16)11-6-2-4-8-13(11)17-14-9-5-3-7-12(14)15/h2-10H,16H2,1H3/t10-/m1/s1. The lowest BCUT2D eigenvalue weighted by molar-refractivity contribution is 0.797. The van der Waals surface area contributed by atoms with Crippen LogP contribution >= 0.6 is 27.7 Å². The minimum Gasteiger partial charge on any atom is -0.324 e. The van der Waals surface area contributed by atoms with Crippen LogP contribution in [0.5, 0.6) is 0 Å². The van der Waals surface area contributed by atoms with Crippen molar-refractivity contribution in [3.8, 4) is 0 Å². The van der Waals surface area contributed by atoms with Crippen molar-refractivity contribution >= 4 is 27.7 Å². The van der Waals surface area contributed by atoms with Gasteiger partial charge < -0.3 is 5.73 Å². The molecule has 2 aromatic carbocycles. The molecule has 0 aromatic heterocycles. The van der Waals surface area contributed by atoms with Crippen LogP contribution in [0.25, 0.3) is 0 Å². The first-order valence-electron chi connectivity index (χ1n) is 5.45. The van der Waals surface area contributed by atoms with Crippen LogP contribution in [0.15, 0.2) is 62.8 Å². The van der Waals surface area contributed by atoms with Crippen molar-refractivity contribution in [3.63, 3.8) is 0 Å². The fraction of sp³-hybridized carbons (Fsp3) is 0.143. The van der Waals surface area contributed by atoms with Gasteiger partial charge in [-0.25, -0.2) is 0 Å². The van der Waals surface area contributed by atoms with E-state index in [9.17, 15) is 0 Å². The van der Waals surface area contributed by atoms with Gasteiger partial charge in [0.15, 0.2) is 0 Å². The summed E-state index contributed by atoms with van der Waals surface area (Å²) in [5, 5.41) is 0. The van der Waals surface area contributed by atoms with Gasteiger partial charge in [-0.15, -0.1) is 0 Å². The van der Waals surface area contributed by atoms with E-state index in [2.05, 4.69) is 40.2 Å². The average Bonchev–Trinajstić information content (AvgIpc) is 2.32. The van der Waals surface area contributed by atoms with E-state index in [4.69, 9.17) is 5.73 Å². The summed E-state index contributed by atoms with van der Waals surface area (Å²) in [6.07, 6.45) is 0. The molecule has 88 valence electrons. The molecular formula is C14H14BrNS. The van der Waals surface area contributed by atoms with E-state index in [0.717, 1.165) is 4.47 Å². The lowest BCUT2D eigenvalue weighted by atomic mass is 10.1. The zero-order valence-electron chi connectivity index (χ0n) is 9.56. The third kappa shape index (κ3) is 3.12. The predicted molar refractivity (Wildman–Crippen MR) is 77.3 cm³/mol. The highest BCUT2D eigenvalue weighted by Gasteiger charge is 2.08. The summed E-state index contributed by atoms with van der Waals surface area (Å²) in [7, 11) is 0. The van der Waals surface area contributed by atoms with Gasteiger partial charge in [0, 0.05) is 20.3 Å². The summed E-state index contributed by atoms with van der Waals surface area (Å²) < 4.78 is 1.12. The molecule has 0 bridgehead atoms. The second-order valence-electron chi connectivity index (χ2n) is 3.86. The zero-order chi connectivity index (χ0) is 12.3. The Morgan fingerprint density at radius 1 is 1.00 bits per heavy atom. The smallest absolute Gasteiger partial charge is 0.0314 e. The molecular weight excluding hydrogens is 294 g/mol. The van der Waals surface area contributed by atoms with Crippen molar-refractivity contribution in [1.82, 2.24) is 0 Å². The zero-order valence-corrected chi connectivity index (χ0v) is 12.0. The molecule has 0 radical (unpaired) electrons. The van der Waals surface area contributed by atoms with Crippen LogP contribution in [0.2, 0.25) is 0 Å². The second-order valence-corrected chi connectivity index (χ2v) is 5.80. The van der Waals surface area contributed by atoms with Crippen LogP contribution in [0.4, 0.5) is 0 Å². The molecule has 2 rings (SSSR count). The lowest BCUT2D eigenvalue weighted by Crippen LogP contribution is -2.05. The first-order valence-corrected chi connectivity index (χ1v) is 7.06.